The normalized spacial score (nSPS) is 28.2. The molecule has 0 spiro atoms. The molecule has 0 aromatic heterocycles. The molecule has 0 N–H and O–H groups in total. The van der Waals surface area contributed by atoms with Crippen LogP contribution < -0.4 is 0 Å². The van der Waals surface area contributed by atoms with Crippen LogP contribution in [0.25, 0.3) is 0 Å². The van der Waals surface area contributed by atoms with E-state index in [2.05, 4.69) is 0 Å². The first-order valence-electron chi connectivity index (χ1n) is 10.8. The fraction of sp³-hybridized carbons (Fsp3) is 0.583. The average Bonchev–Trinajstić information content (AvgIpc) is 3.38. The van der Waals surface area contributed by atoms with Crippen molar-refractivity contribution in [2.45, 2.75) is 53.0 Å². The van der Waals surface area contributed by atoms with E-state index >= 15 is 0 Å². The van der Waals surface area contributed by atoms with Crippen LogP contribution in [-0.2, 0) is 19.1 Å². The minimum absolute atomic E-state index is 0.228. The number of aryl methyl sites for hydroxylation is 2. The highest BCUT2D eigenvalue weighted by molar-refractivity contribution is 6.09. The lowest BCUT2D eigenvalue weighted by Gasteiger charge is -2.28. The number of likely N-dealkylation sites (tertiary alicyclic amines) is 1. The Labute approximate surface area is 177 Å². The van der Waals surface area contributed by atoms with E-state index in [0.717, 1.165) is 35.3 Å². The van der Waals surface area contributed by atoms with Crippen LogP contribution in [0.15, 0.2) is 18.2 Å². The number of imide groups is 1. The van der Waals surface area contributed by atoms with Crippen molar-refractivity contribution in [3.63, 3.8) is 0 Å². The third-order valence-electron chi connectivity index (χ3n) is 7.29. The smallest absolute Gasteiger partial charge is 0.330 e. The van der Waals surface area contributed by atoms with E-state index < -0.39 is 18.6 Å². The Morgan fingerprint density at radius 3 is 2.17 bits per heavy atom. The Hall–Kier alpha value is -2.50. The zero-order valence-electron chi connectivity index (χ0n) is 18.0. The zero-order chi connectivity index (χ0) is 21.7. The van der Waals surface area contributed by atoms with Crippen LogP contribution in [0, 0.1) is 43.4 Å². The number of benzene rings is 1. The van der Waals surface area contributed by atoms with Crippen LogP contribution in [0.3, 0.4) is 0 Å². The molecule has 6 nitrogen and oxygen atoms in total. The number of ketones is 1. The van der Waals surface area contributed by atoms with Gasteiger partial charge in [-0.3, -0.25) is 19.3 Å². The maximum atomic E-state index is 13.1. The minimum atomic E-state index is -0.984. The summed E-state index contributed by atoms with van der Waals surface area (Å²) in [5, 5.41) is 0. The molecule has 2 amide bonds. The SMILES string of the molecule is Cc1ccc(C(=O)COC(=O)[C@H](C(C)C)N2C(=O)[C@H]3[C@@H]4CC[C@@H](C4)[C@@H]3C2=O)cc1C. The maximum absolute atomic E-state index is 13.1. The largest absolute Gasteiger partial charge is 0.456 e. The quantitative estimate of drug-likeness (QED) is 0.408. The molecular weight excluding hydrogens is 382 g/mol. The number of esters is 1. The van der Waals surface area contributed by atoms with E-state index in [9.17, 15) is 19.2 Å². The first-order valence-corrected chi connectivity index (χ1v) is 10.8. The summed E-state index contributed by atoms with van der Waals surface area (Å²) in [4.78, 5) is 52.7. The van der Waals surface area contributed by atoms with Gasteiger partial charge in [-0.05, 0) is 68.1 Å². The van der Waals surface area contributed by atoms with Gasteiger partial charge in [-0.15, -0.1) is 0 Å². The van der Waals surface area contributed by atoms with E-state index in [1.54, 1.807) is 26.0 Å². The van der Waals surface area contributed by atoms with Crippen LogP contribution >= 0.6 is 0 Å². The van der Waals surface area contributed by atoms with Gasteiger partial charge in [0.1, 0.15) is 6.04 Å². The summed E-state index contributed by atoms with van der Waals surface area (Å²) < 4.78 is 5.32. The van der Waals surface area contributed by atoms with Gasteiger partial charge in [-0.1, -0.05) is 26.0 Å². The molecule has 3 aliphatic rings. The van der Waals surface area contributed by atoms with Crippen LogP contribution in [0.2, 0.25) is 0 Å². The summed E-state index contributed by atoms with van der Waals surface area (Å²) in [5.41, 5.74) is 2.54. The fourth-order valence-electron chi connectivity index (χ4n) is 5.60. The highest BCUT2D eigenvalue weighted by Crippen LogP contribution is 2.56. The second kappa shape index (κ2) is 7.64. The molecule has 1 heterocycles. The van der Waals surface area contributed by atoms with Crippen molar-refractivity contribution in [1.29, 1.82) is 0 Å². The van der Waals surface area contributed by atoms with Gasteiger partial charge in [0.05, 0.1) is 11.8 Å². The molecule has 0 unspecified atom stereocenters. The lowest BCUT2D eigenvalue weighted by molar-refractivity contribution is -0.160. The number of ether oxygens (including phenoxy) is 1. The molecule has 2 saturated carbocycles. The second-order valence-electron chi connectivity index (χ2n) is 9.45. The van der Waals surface area contributed by atoms with Gasteiger partial charge in [0, 0.05) is 5.56 Å². The number of carbonyl (C=O) groups excluding carboxylic acids is 4. The molecule has 30 heavy (non-hydrogen) atoms. The lowest BCUT2D eigenvalue weighted by atomic mass is 9.81. The predicted molar refractivity (Wildman–Crippen MR) is 109 cm³/mol. The van der Waals surface area contributed by atoms with Crippen molar-refractivity contribution in [3.8, 4) is 0 Å². The van der Waals surface area contributed by atoms with E-state index in [1.165, 1.54) is 0 Å². The van der Waals surface area contributed by atoms with Crippen molar-refractivity contribution in [2.24, 2.45) is 29.6 Å². The Morgan fingerprint density at radius 2 is 1.63 bits per heavy atom. The summed E-state index contributed by atoms with van der Waals surface area (Å²) in [7, 11) is 0. The number of fused-ring (bicyclic) bond motifs is 5. The molecule has 1 aliphatic heterocycles. The van der Waals surface area contributed by atoms with Crippen LogP contribution in [-0.4, -0.2) is 41.1 Å². The van der Waals surface area contributed by atoms with Gasteiger partial charge < -0.3 is 4.74 Å². The molecule has 4 rings (SSSR count). The van der Waals surface area contributed by atoms with Gasteiger partial charge in [0.15, 0.2) is 12.4 Å². The monoisotopic (exact) mass is 411 g/mol. The molecule has 6 heteroatoms. The topological polar surface area (TPSA) is 80.8 Å². The second-order valence-corrected chi connectivity index (χ2v) is 9.45. The number of carbonyl (C=O) groups is 4. The van der Waals surface area contributed by atoms with E-state index in [-0.39, 0.29) is 47.2 Å². The van der Waals surface area contributed by atoms with Crippen LogP contribution in [0.1, 0.15) is 54.6 Å². The van der Waals surface area contributed by atoms with Crippen molar-refractivity contribution in [2.75, 3.05) is 6.61 Å². The molecule has 0 radical (unpaired) electrons. The highest BCUT2D eigenvalue weighted by Gasteiger charge is 2.62. The van der Waals surface area contributed by atoms with Crippen molar-refractivity contribution < 1.29 is 23.9 Å². The molecule has 160 valence electrons. The first-order chi connectivity index (χ1) is 14.2. The molecule has 2 aliphatic carbocycles. The summed E-state index contributed by atoms with van der Waals surface area (Å²) in [6.45, 7) is 7.06. The zero-order valence-corrected chi connectivity index (χ0v) is 18.0. The van der Waals surface area contributed by atoms with E-state index in [1.807, 2.05) is 19.9 Å². The molecule has 1 aromatic rings. The summed E-state index contributed by atoms with van der Waals surface area (Å²) in [6.07, 6.45) is 2.92. The van der Waals surface area contributed by atoms with Crippen molar-refractivity contribution >= 4 is 23.6 Å². The third-order valence-corrected chi connectivity index (χ3v) is 7.29. The van der Waals surface area contributed by atoms with E-state index in [0.29, 0.717) is 5.56 Å². The van der Waals surface area contributed by atoms with Crippen molar-refractivity contribution in [1.82, 2.24) is 4.90 Å². The Balaban J connectivity index is 1.47. The Bertz CT molecular complexity index is 892. The van der Waals surface area contributed by atoms with Crippen molar-refractivity contribution in [3.05, 3.63) is 34.9 Å². The van der Waals surface area contributed by atoms with Gasteiger partial charge in [0.2, 0.25) is 11.8 Å². The molecule has 1 aromatic carbocycles. The predicted octanol–water partition coefficient (Wildman–Crippen LogP) is 3.09. The minimum Gasteiger partial charge on any atom is -0.456 e. The molecule has 2 bridgehead atoms. The average molecular weight is 411 g/mol. The molecule has 3 fully saturated rings. The summed E-state index contributed by atoms with van der Waals surface area (Å²) in [6, 6.07) is 4.36. The Kier molecular flexibility index (Phi) is 5.28. The highest BCUT2D eigenvalue weighted by atomic mass is 16.5. The fourth-order valence-corrected chi connectivity index (χ4v) is 5.60. The number of Topliss-reactive ketones (excluding diaryl/α,β-unsaturated/α-hetero) is 1. The number of hydrogen-bond acceptors (Lipinski definition) is 5. The lowest BCUT2D eigenvalue weighted by Crippen LogP contribution is -2.50. The molecule has 5 atom stereocenters. The maximum Gasteiger partial charge on any atom is 0.330 e. The van der Waals surface area contributed by atoms with Crippen LogP contribution in [0.5, 0.6) is 0 Å². The summed E-state index contributed by atoms with van der Waals surface area (Å²) in [5.74, 6) is -1.77. The van der Waals surface area contributed by atoms with Gasteiger partial charge in [-0.25, -0.2) is 4.79 Å². The molecular formula is C24H29NO5. The van der Waals surface area contributed by atoms with Gasteiger partial charge in [-0.2, -0.15) is 0 Å². The third kappa shape index (κ3) is 3.26. The number of nitrogens with zero attached hydrogens (tertiary/aromatic N) is 1. The van der Waals surface area contributed by atoms with Gasteiger partial charge >= 0.3 is 5.97 Å². The number of hydrogen-bond donors (Lipinski definition) is 0. The Morgan fingerprint density at radius 1 is 1.03 bits per heavy atom. The number of rotatable bonds is 6. The standard InChI is InChI=1S/C24H29NO5/c1-12(2)21(24(29)30-11-18(26)15-6-5-13(3)14(4)9-15)25-22(27)19-16-7-8-17(10-16)20(19)23(25)28/h5-6,9,12,16-17,19-21H,7-8,10-11H2,1-4H3/t16-,17+,19-,20-,21-/m0/s1. The first kappa shape index (κ1) is 20.8. The summed E-state index contributed by atoms with van der Waals surface area (Å²) >= 11 is 0. The van der Waals surface area contributed by atoms with E-state index in [4.69, 9.17) is 4.74 Å². The number of amides is 2. The van der Waals surface area contributed by atoms with Gasteiger partial charge in [0.25, 0.3) is 0 Å². The molecule has 1 saturated heterocycles. The van der Waals surface area contributed by atoms with Crippen LogP contribution in [0.4, 0.5) is 0 Å².